The molecule has 0 spiro atoms. The molecule has 1 aliphatic rings. The quantitative estimate of drug-likeness (QED) is 0.563. The van der Waals surface area contributed by atoms with E-state index in [1.807, 2.05) is 18.2 Å². The number of rotatable bonds is 7. The van der Waals surface area contributed by atoms with Crippen LogP contribution < -0.4 is 10.6 Å². The number of carbonyl (C=O) groups is 2. The average molecular weight is 403 g/mol. The molecule has 1 aliphatic heterocycles. The van der Waals surface area contributed by atoms with Crippen molar-refractivity contribution in [1.82, 2.24) is 25.5 Å². The Labute approximate surface area is 175 Å². The lowest BCUT2D eigenvalue weighted by Gasteiger charge is -2.34. The van der Waals surface area contributed by atoms with Gasteiger partial charge in [0.1, 0.15) is 5.82 Å². The molecular weight excluding hydrogens is 378 g/mol. The molecule has 2 amide bonds. The van der Waals surface area contributed by atoms with Gasteiger partial charge in [0.2, 0.25) is 11.8 Å². The molecule has 1 saturated heterocycles. The summed E-state index contributed by atoms with van der Waals surface area (Å²) in [5, 5.41) is 5.70. The summed E-state index contributed by atoms with van der Waals surface area (Å²) in [7, 11) is 0. The number of hydrogen-bond donors (Lipinski definition) is 3. The van der Waals surface area contributed by atoms with Crippen molar-refractivity contribution in [3.63, 3.8) is 0 Å². The van der Waals surface area contributed by atoms with E-state index in [4.69, 9.17) is 0 Å². The molecular formula is C23H25N5O2. The lowest BCUT2D eigenvalue weighted by molar-refractivity contribution is -0.134. The zero-order valence-corrected chi connectivity index (χ0v) is 16.7. The molecule has 3 N–H and O–H groups in total. The van der Waals surface area contributed by atoms with Crippen LogP contribution in [0.2, 0.25) is 0 Å². The van der Waals surface area contributed by atoms with Crippen molar-refractivity contribution < 1.29 is 9.59 Å². The number of H-pyrrole nitrogens is 1. The summed E-state index contributed by atoms with van der Waals surface area (Å²) < 4.78 is 0. The SMILES string of the molecule is O=C(C[C@@H]1C(=O)NCCN1Cc1ccc(-c2ccccc2)cc1)NCc1ncc[nH]1. The van der Waals surface area contributed by atoms with E-state index in [1.54, 1.807) is 12.4 Å². The highest BCUT2D eigenvalue weighted by Crippen LogP contribution is 2.21. The predicted molar refractivity (Wildman–Crippen MR) is 114 cm³/mol. The van der Waals surface area contributed by atoms with E-state index in [2.05, 4.69) is 61.9 Å². The summed E-state index contributed by atoms with van der Waals surface area (Å²) in [6, 6.07) is 18.1. The third-order valence-electron chi connectivity index (χ3n) is 5.27. The number of imidazole rings is 1. The molecule has 0 aliphatic carbocycles. The van der Waals surface area contributed by atoms with Crippen molar-refractivity contribution in [1.29, 1.82) is 0 Å². The van der Waals surface area contributed by atoms with Gasteiger partial charge in [-0.1, -0.05) is 54.6 Å². The minimum Gasteiger partial charge on any atom is -0.353 e. The maximum Gasteiger partial charge on any atom is 0.237 e. The molecule has 30 heavy (non-hydrogen) atoms. The third kappa shape index (κ3) is 4.93. The Kier molecular flexibility index (Phi) is 6.20. The number of aromatic nitrogens is 2. The number of hydrogen-bond acceptors (Lipinski definition) is 4. The highest BCUT2D eigenvalue weighted by molar-refractivity contribution is 5.88. The molecule has 1 aromatic heterocycles. The number of aromatic amines is 1. The Morgan fingerprint density at radius 3 is 2.60 bits per heavy atom. The van der Waals surface area contributed by atoms with Gasteiger partial charge < -0.3 is 15.6 Å². The molecule has 7 nitrogen and oxygen atoms in total. The van der Waals surface area contributed by atoms with Gasteiger partial charge in [-0.15, -0.1) is 0 Å². The zero-order chi connectivity index (χ0) is 20.8. The highest BCUT2D eigenvalue weighted by atomic mass is 16.2. The first-order valence-corrected chi connectivity index (χ1v) is 10.1. The van der Waals surface area contributed by atoms with Crippen molar-refractivity contribution >= 4 is 11.8 Å². The number of nitrogens with one attached hydrogen (secondary N) is 3. The molecule has 2 aromatic carbocycles. The van der Waals surface area contributed by atoms with Crippen LogP contribution in [0.25, 0.3) is 11.1 Å². The summed E-state index contributed by atoms with van der Waals surface area (Å²) in [6.45, 7) is 2.24. The monoisotopic (exact) mass is 403 g/mol. The summed E-state index contributed by atoms with van der Waals surface area (Å²) in [5.41, 5.74) is 3.45. The molecule has 2 heterocycles. The van der Waals surface area contributed by atoms with Gasteiger partial charge in [0.05, 0.1) is 19.0 Å². The molecule has 3 aromatic rings. The molecule has 7 heteroatoms. The second-order valence-electron chi connectivity index (χ2n) is 7.36. The molecule has 4 rings (SSSR count). The van der Waals surface area contributed by atoms with E-state index in [1.165, 1.54) is 5.56 Å². The zero-order valence-electron chi connectivity index (χ0n) is 16.7. The summed E-state index contributed by atoms with van der Waals surface area (Å²) in [4.78, 5) is 34.0. The molecule has 0 radical (unpaired) electrons. The van der Waals surface area contributed by atoms with Crippen LogP contribution in [0.1, 0.15) is 17.8 Å². The van der Waals surface area contributed by atoms with Crippen LogP contribution in [0.15, 0.2) is 67.0 Å². The smallest absolute Gasteiger partial charge is 0.237 e. The van der Waals surface area contributed by atoms with Crippen LogP contribution in [-0.2, 0) is 22.7 Å². The average Bonchev–Trinajstić information content (AvgIpc) is 3.30. The van der Waals surface area contributed by atoms with Crippen molar-refractivity contribution in [3.05, 3.63) is 78.4 Å². The largest absolute Gasteiger partial charge is 0.353 e. The summed E-state index contributed by atoms with van der Waals surface area (Å²) in [6.07, 6.45) is 3.47. The van der Waals surface area contributed by atoms with Crippen molar-refractivity contribution in [2.24, 2.45) is 0 Å². The molecule has 0 saturated carbocycles. The first kappa shape index (κ1) is 19.8. The van der Waals surface area contributed by atoms with E-state index >= 15 is 0 Å². The predicted octanol–water partition coefficient (Wildman–Crippen LogP) is 2.08. The van der Waals surface area contributed by atoms with E-state index in [0.717, 1.165) is 11.1 Å². The number of benzene rings is 2. The fourth-order valence-corrected chi connectivity index (χ4v) is 3.67. The van der Waals surface area contributed by atoms with E-state index in [0.29, 0.717) is 32.0 Å². The van der Waals surface area contributed by atoms with Gasteiger partial charge in [-0.05, 0) is 16.7 Å². The molecule has 0 bridgehead atoms. The second kappa shape index (κ2) is 9.37. The van der Waals surface area contributed by atoms with Crippen LogP contribution >= 0.6 is 0 Å². The summed E-state index contributed by atoms with van der Waals surface area (Å²) >= 11 is 0. The van der Waals surface area contributed by atoms with Crippen LogP contribution in [0.4, 0.5) is 0 Å². The number of nitrogens with zero attached hydrogens (tertiary/aromatic N) is 2. The first-order valence-electron chi connectivity index (χ1n) is 10.1. The molecule has 0 unspecified atom stereocenters. The minimum absolute atomic E-state index is 0.102. The lowest BCUT2D eigenvalue weighted by atomic mass is 10.0. The lowest BCUT2D eigenvalue weighted by Crippen LogP contribution is -2.56. The van der Waals surface area contributed by atoms with Crippen LogP contribution in [0.3, 0.4) is 0 Å². The molecule has 154 valence electrons. The Morgan fingerprint density at radius 2 is 1.87 bits per heavy atom. The second-order valence-corrected chi connectivity index (χ2v) is 7.36. The van der Waals surface area contributed by atoms with E-state index < -0.39 is 6.04 Å². The van der Waals surface area contributed by atoms with Crippen molar-refractivity contribution in [2.75, 3.05) is 13.1 Å². The minimum atomic E-state index is -0.482. The summed E-state index contributed by atoms with van der Waals surface area (Å²) in [5.74, 6) is 0.417. The maximum absolute atomic E-state index is 12.5. The van der Waals surface area contributed by atoms with Gasteiger partial charge in [-0.2, -0.15) is 0 Å². The van der Waals surface area contributed by atoms with E-state index in [-0.39, 0.29) is 18.2 Å². The molecule has 1 fully saturated rings. The standard InChI is InChI=1S/C23H25N5O2/c29-22(27-15-21-24-10-11-25-21)14-20-23(30)26-12-13-28(20)16-17-6-8-19(9-7-17)18-4-2-1-3-5-18/h1-11,20H,12-16H2,(H,24,25)(H,26,30)(H,27,29)/t20-/m1/s1. The van der Waals surface area contributed by atoms with Gasteiger partial charge in [0.15, 0.2) is 0 Å². The Hall–Kier alpha value is -3.45. The van der Waals surface area contributed by atoms with Gasteiger partial charge in [0, 0.05) is 32.0 Å². The third-order valence-corrected chi connectivity index (χ3v) is 5.27. The number of piperazine rings is 1. The number of amides is 2. The van der Waals surface area contributed by atoms with Gasteiger partial charge in [-0.3, -0.25) is 14.5 Å². The van der Waals surface area contributed by atoms with Crippen molar-refractivity contribution in [3.8, 4) is 11.1 Å². The van der Waals surface area contributed by atoms with E-state index in [9.17, 15) is 9.59 Å². The normalized spacial score (nSPS) is 16.8. The van der Waals surface area contributed by atoms with Gasteiger partial charge in [0.25, 0.3) is 0 Å². The first-order chi connectivity index (χ1) is 14.7. The molecule has 1 atom stereocenters. The Morgan fingerprint density at radius 1 is 1.10 bits per heavy atom. The topological polar surface area (TPSA) is 90.1 Å². The fraction of sp³-hybridized carbons (Fsp3) is 0.261. The highest BCUT2D eigenvalue weighted by Gasteiger charge is 2.31. The van der Waals surface area contributed by atoms with Crippen molar-refractivity contribution in [2.45, 2.75) is 25.6 Å². The van der Waals surface area contributed by atoms with Gasteiger partial charge in [-0.25, -0.2) is 4.98 Å². The van der Waals surface area contributed by atoms with Gasteiger partial charge >= 0.3 is 0 Å². The Balaban J connectivity index is 1.38. The number of carbonyl (C=O) groups excluding carboxylic acids is 2. The van der Waals surface area contributed by atoms with Crippen LogP contribution in [0, 0.1) is 0 Å². The fourth-order valence-electron chi connectivity index (χ4n) is 3.67. The maximum atomic E-state index is 12.5. The Bertz CT molecular complexity index is 971. The van der Waals surface area contributed by atoms with Crippen LogP contribution in [0.5, 0.6) is 0 Å². The van der Waals surface area contributed by atoms with Crippen LogP contribution in [-0.4, -0.2) is 45.8 Å².